The molecular formula is C47H81N3O7. The van der Waals surface area contributed by atoms with Gasteiger partial charge < -0.3 is 15.5 Å². The molecule has 0 bridgehead atoms. The Hall–Kier alpha value is -2.75. The van der Waals surface area contributed by atoms with Gasteiger partial charge in [0.2, 0.25) is 11.8 Å². The lowest BCUT2D eigenvalue weighted by atomic mass is 9.79. The molecule has 2 N–H and O–H groups in total. The van der Waals surface area contributed by atoms with E-state index in [1.807, 2.05) is 34.6 Å². The van der Waals surface area contributed by atoms with E-state index in [4.69, 9.17) is 5.73 Å². The Labute approximate surface area is 346 Å². The Morgan fingerprint density at radius 2 is 1.21 bits per heavy atom. The van der Waals surface area contributed by atoms with Gasteiger partial charge in [0.05, 0.1) is 13.1 Å². The van der Waals surface area contributed by atoms with Crippen molar-refractivity contribution in [2.24, 2.45) is 53.1 Å². The molecule has 2 amide bonds. The summed E-state index contributed by atoms with van der Waals surface area (Å²) in [5.41, 5.74) is 5.73. The van der Waals surface area contributed by atoms with E-state index in [1.165, 1.54) is 13.3 Å². The van der Waals surface area contributed by atoms with Gasteiger partial charge >= 0.3 is 0 Å². The summed E-state index contributed by atoms with van der Waals surface area (Å²) in [5, 5.41) is 0. The van der Waals surface area contributed by atoms with Gasteiger partial charge in [-0.3, -0.25) is 33.6 Å². The number of Topliss-reactive ketones (excluding diaryl/α,β-unsaturated/α-hetero) is 5. The third kappa shape index (κ3) is 19.2. The Balaban J connectivity index is 2.37. The van der Waals surface area contributed by atoms with Crippen LogP contribution in [0.1, 0.15) is 177 Å². The molecule has 2 aliphatic rings. The molecule has 4 unspecified atom stereocenters. The van der Waals surface area contributed by atoms with Crippen LogP contribution >= 0.6 is 0 Å². The average Bonchev–Trinajstić information content (AvgIpc) is 3.15. The lowest BCUT2D eigenvalue weighted by Crippen LogP contribution is -2.50. The maximum atomic E-state index is 14.8. The topological polar surface area (TPSA) is 152 Å². The van der Waals surface area contributed by atoms with Gasteiger partial charge in [0.25, 0.3) is 0 Å². The third-order valence-electron chi connectivity index (χ3n) is 12.7. The second-order valence-corrected chi connectivity index (χ2v) is 18.7. The molecule has 10 nitrogen and oxygen atoms in total. The first-order valence-corrected chi connectivity index (χ1v) is 22.9. The number of nitrogens with zero attached hydrogens (tertiary/aromatic N) is 2. The largest absolute Gasteiger partial charge is 0.334 e. The lowest BCUT2D eigenvalue weighted by molar-refractivity contribution is -0.147. The normalized spacial score (nSPS) is 17.5. The van der Waals surface area contributed by atoms with Crippen LogP contribution in [0.15, 0.2) is 0 Å². The quantitative estimate of drug-likeness (QED) is 0.0742. The molecule has 2 aliphatic carbocycles. The van der Waals surface area contributed by atoms with Gasteiger partial charge in [0, 0.05) is 68.9 Å². The zero-order valence-electron chi connectivity index (χ0n) is 37.1. The van der Waals surface area contributed by atoms with Crippen molar-refractivity contribution >= 4 is 40.7 Å². The number of unbranched alkanes of at least 4 members (excludes halogenated alkanes) is 1. The van der Waals surface area contributed by atoms with E-state index < -0.39 is 23.7 Å². The molecule has 0 heterocycles. The van der Waals surface area contributed by atoms with Crippen molar-refractivity contribution < 1.29 is 33.6 Å². The van der Waals surface area contributed by atoms with Crippen LogP contribution in [0.25, 0.3) is 0 Å². The molecule has 10 heteroatoms. The molecule has 4 atom stereocenters. The molecule has 2 saturated carbocycles. The lowest BCUT2D eigenvalue weighted by Gasteiger charge is -2.35. The van der Waals surface area contributed by atoms with Crippen LogP contribution in [0.4, 0.5) is 0 Å². The first-order chi connectivity index (χ1) is 27.1. The number of carbonyl (C=O) groups is 7. The predicted molar refractivity (Wildman–Crippen MR) is 227 cm³/mol. The van der Waals surface area contributed by atoms with E-state index in [0.717, 1.165) is 77.0 Å². The van der Waals surface area contributed by atoms with Gasteiger partial charge in [-0.05, 0) is 88.5 Å². The van der Waals surface area contributed by atoms with E-state index in [-0.39, 0.29) is 103 Å². The minimum absolute atomic E-state index is 0.0175. The summed E-state index contributed by atoms with van der Waals surface area (Å²) >= 11 is 0. The maximum Gasteiger partial charge on any atom is 0.242 e. The monoisotopic (exact) mass is 800 g/mol. The van der Waals surface area contributed by atoms with Crippen molar-refractivity contribution in [2.75, 3.05) is 32.7 Å². The van der Waals surface area contributed by atoms with Crippen molar-refractivity contribution in [1.29, 1.82) is 0 Å². The number of rotatable bonds is 29. The van der Waals surface area contributed by atoms with Crippen LogP contribution in [-0.4, -0.2) is 83.3 Å². The molecule has 0 spiro atoms. The summed E-state index contributed by atoms with van der Waals surface area (Å²) in [4.78, 5) is 98.5. The standard InChI is InChI=1S/C47H81N3O7/c1-8-17-41(52)26-39(22-15-16-23-48)44(54)27-40(24-33(2)3)45(55)28-43(34(4)5)47(57)50(30-38-20-13-10-14-21-38)32-46(56)49(29-37-18-11-9-12-19-37)31-42(53)25-35(6)36(7)51/h33-35,37-40,43H,8-32,48H2,1-7H3. The molecule has 2 rings (SSSR count). The Morgan fingerprint density at radius 1 is 0.649 bits per heavy atom. The Kier molecular flexibility index (Phi) is 24.0. The van der Waals surface area contributed by atoms with Crippen LogP contribution in [0.5, 0.6) is 0 Å². The van der Waals surface area contributed by atoms with Crippen LogP contribution in [-0.2, 0) is 33.6 Å². The fraction of sp³-hybridized carbons (Fsp3) is 0.851. The van der Waals surface area contributed by atoms with Gasteiger partial charge in [-0.25, -0.2) is 0 Å². The fourth-order valence-corrected chi connectivity index (χ4v) is 8.98. The molecule has 0 aromatic heterocycles. The predicted octanol–water partition coefficient (Wildman–Crippen LogP) is 8.35. The minimum Gasteiger partial charge on any atom is -0.334 e. The zero-order valence-corrected chi connectivity index (χ0v) is 37.1. The third-order valence-corrected chi connectivity index (χ3v) is 12.7. The van der Waals surface area contributed by atoms with E-state index in [9.17, 15) is 33.6 Å². The molecule has 0 saturated heterocycles. The SMILES string of the molecule is CCCC(=O)CC(CCCCN)C(=O)CC(CC(C)C)C(=O)CC(C(=O)N(CC(=O)N(CC(=O)CC(C)C(C)=O)CC1CCCCC1)CC1CCCCC1)C(C)C. The molecule has 0 aliphatic heterocycles. The second kappa shape index (κ2) is 27.1. The van der Waals surface area contributed by atoms with E-state index in [1.54, 1.807) is 16.7 Å². The van der Waals surface area contributed by atoms with Crippen molar-refractivity contribution in [3.63, 3.8) is 0 Å². The number of ketones is 5. The van der Waals surface area contributed by atoms with Crippen molar-refractivity contribution in [1.82, 2.24) is 9.80 Å². The minimum atomic E-state index is -0.671. The van der Waals surface area contributed by atoms with Gasteiger partial charge in [-0.1, -0.05) is 86.5 Å². The number of amides is 2. The van der Waals surface area contributed by atoms with Gasteiger partial charge in [0.1, 0.15) is 23.1 Å². The van der Waals surface area contributed by atoms with Crippen molar-refractivity contribution in [3.8, 4) is 0 Å². The number of nitrogens with two attached hydrogens (primary N) is 1. The zero-order chi connectivity index (χ0) is 42.5. The highest BCUT2D eigenvalue weighted by molar-refractivity contribution is 5.95. The average molecular weight is 800 g/mol. The maximum absolute atomic E-state index is 14.8. The molecule has 0 radical (unpaired) electrons. The number of carbonyl (C=O) groups excluding carboxylic acids is 7. The molecular weight excluding hydrogens is 719 g/mol. The second-order valence-electron chi connectivity index (χ2n) is 18.7. The summed E-state index contributed by atoms with van der Waals surface area (Å²) in [7, 11) is 0. The molecule has 2 fully saturated rings. The first kappa shape index (κ1) is 50.4. The van der Waals surface area contributed by atoms with Crippen LogP contribution in [0, 0.1) is 47.3 Å². The summed E-state index contributed by atoms with van der Waals surface area (Å²) < 4.78 is 0. The Morgan fingerprint density at radius 3 is 1.72 bits per heavy atom. The number of hydrogen-bond donors (Lipinski definition) is 1. The van der Waals surface area contributed by atoms with E-state index >= 15 is 0 Å². The Bertz CT molecular complexity index is 1280. The number of hydrogen-bond acceptors (Lipinski definition) is 8. The van der Waals surface area contributed by atoms with Gasteiger partial charge in [0.15, 0.2) is 5.78 Å². The summed E-state index contributed by atoms with van der Waals surface area (Å²) in [5.74, 6) is -2.38. The van der Waals surface area contributed by atoms with Crippen molar-refractivity contribution in [3.05, 3.63) is 0 Å². The van der Waals surface area contributed by atoms with Gasteiger partial charge in [-0.15, -0.1) is 0 Å². The van der Waals surface area contributed by atoms with Gasteiger partial charge in [-0.2, -0.15) is 0 Å². The fourth-order valence-electron chi connectivity index (χ4n) is 8.98. The summed E-state index contributed by atoms with van der Waals surface area (Å²) in [6, 6.07) is 0. The highest BCUT2D eigenvalue weighted by Gasteiger charge is 2.36. The molecule has 0 aromatic rings. The van der Waals surface area contributed by atoms with Crippen LogP contribution in [0.3, 0.4) is 0 Å². The van der Waals surface area contributed by atoms with Crippen LogP contribution in [0.2, 0.25) is 0 Å². The molecule has 326 valence electrons. The highest BCUT2D eigenvalue weighted by Crippen LogP contribution is 2.31. The van der Waals surface area contributed by atoms with Crippen LogP contribution < -0.4 is 5.73 Å². The van der Waals surface area contributed by atoms with Crippen molar-refractivity contribution in [2.45, 2.75) is 177 Å². The summed E-state index contributed by atoms with van der Waals surface area (Å²) in [6.07, 6.45) is 14.7. The van der Waals surface area contributed by atoms with E-state index in [2.05, 4.69) is 0 Å². The summed E-state index contributed by atoms with van der Waals surface area (Å²) in [6.45, 7) is 14.3. The van der Waals surface area contributed by atoms with E-state index in [0.29, 0.717) is 38.9 Å². The molecule has 0 aromatic carbocycles. The first-order valence-electron chi connectivity index (χ1n) is 22.9. The molecule has 57 heavy (non-hydrogen) atoms. The smallest absolute Gasteiger partial charge is 0.242 e. The highest BCUT2D eigenvalue weighted by atomic mass is 16.2.